The highest BCUT2D eigenvalue weighted by molar-refractivity contribution is 8.27. The molecule has 142 valence electrons. The molecule has 8 heteroatoms. The summed E-state index contributed by atoms with van der Waals surface area (Å²) in [7, 11) is 0. The number of hydrogen-bond acceptors (Lipinski definition) is 3. The summed E-state index contributed by atoms with van der Waals surface area (Å²) in [5, 5.41) is -0.0385. The van der Waals surface area contributed by atoms with E-state index in [1.807, 2.05) is 16.7 Å². The smallest absolute Gasteiger partial charge is 0.343 e. The first-order chi connectivity index (χ1) is 13.3. The first-order valence-electron chi connectivity index (χ1n) is 8.25. The molecule has 3 aromatic rings. The van der Waals surface area contributed by atoms with Crippen LogP contribution in [-0.2, 0) is 17.5 Å². The van der Waals surface area contributed by atoms with Crippen molar-refractivity contribution < 1.29 is 22.8 Å². The van der Waals surface area contributed by atoms with Crippen molar-refractivity contribution in [2.45, 2.75) is 12.7 Å². The molecule has 0 radical (unpaired) electrons. The van der Waals surface area contributed by atoms with E-state index in [1.54, 1.807) is 18.3 Å². The maximum atomic E-state index is 12.7. The van der Waals surface area contributed by atoms with Gasteiger partial charge in [0.2, 0.25) is 5.12 Å². The molecule has 28 heavy (non-hydrogen) atoms. The number of hydrogen-bond donors (Lipinski definition) is 0. The van der Waals surface area contributed by atoms with Gasteiger partial charge in [0.15, 0.2) is 0 Å². The molecule has 1 saturated heterocycles. The van der Waals surface area contributed by atoms with Crippen LogP contribution in [0.25, 0.3) is 10.9 Å². The van der Waals surface area contributed by atoms with Crippen LogP contribution in [0.15, 0.2) is 67.0 Å². The maximum Gasteiger partial charge on any atom is 0.416 e. The fourth-order valence-electron chi connectivity index (χ4n) is 3.16. The van der Waals surface area contributed by atoms with Crippen molar-refractivity contribution in [3.05, 3.63) is 78.1 Å². The van der Waals surface area contributed by atoms with Gasteiger partial charge in [-0.25, -0.2) is 0 Å². The van der Waals surface area contributed by atoms with Crippen LogP contribution in [-0.4, -0.2) is 14.9 Å². The topological polar surface area (TPSA) is 42.3 Å². The van der Waals surface area contributed by atoms with Crippen LogP contribution in [0.5, 0.6) is 0 Å². The highest BCUT2D eigenvalue weighted by atomic mass is 32.2. The number of aromatic nitrogens is 1. The number of fused-ring (bicyclic) bond motifs is 1. The first kappa shape index (κ1) is 18.4. The zero-order valence-corrected chi connectivity index (χ0v) is 15.2. The van der Waals surface area contributed by atoms with E-state index in [4.69, 9.17) is 0 Å². The van der Waals surface area contributed by atoms with Gasteiger partial charge in [-0.15, -0.1) is 0 Å². The molecule has 0 unspecified atom stereocenters. The van der Waals surface area contributed by atoms with Crippen LogP contribution in [0, 0.1) is 0 Å². The largest absolute Gasteiger partial charge is 0.416 e. The molecule has 1 aliphatic heterocycles. The third-order valence-electron chi connectivity index (χ3n) is 4.53. The monoisotopic (exact) mass is 402 g/mol. The van der Waals surface area contributed by atoms with Crippen molar-refractivity contribution >= 4 is 38.7 Å². The van der Waals surface area contributed by atoms with Gasteiger partial charge >= 0.3 is 6.18 Å². The number of carbonyl (C=O) groups excluding carboxylic acids is 2. The van der Waals surface area contributed by atoms with E-state index in [1.165, 1.54) is 17.0 Å². The second-order valence-electron chi connectivity index (χ2n) is 6.29. The third-order valence-corrected chi connectivity index (χ3v) is 5.31. The van der Waals surface area contributed by atoms with Gasteiger partial charge in [0.05, 0.1) is 22.5 Å². The Kier molecular flexibility index (Phi) is 4.30. The van der Waals surface area contributed by atoms with Crippen molar-refractivity contribution in [1.82, 2.24) is 4.57 Å². The van der Waals surface area contributed by atoms with E-state index >= 15 is 0 Å². The summed E-state index contributed by atoms with van der Waals surface area (Å²) in [6.07, 6.45) is -2.57. The number of alkyl halides is 3. The van der Waals surface area contributed by atoms with Crippen LogP contribution < -0.4 is 4.90 Å². The molecule has 0 atom stereocenters. The number of thioether (sulfide) groups is 1. The molecule has 0 spiro atoms. The number of amides is 1. The lowest BCUT2D eigenvalue weighted by Gasteiger charge is -2.16. The first-order valence-corrected chi connectivity index (χ1v) is 9.06. The van der Waals surface area contributed by atoms with Gasteiger partial charge in [0.25, 0.3) is 5.24 Å². The Bertz CT molecular complexity index is 1120. The molecule has 1 amide bonds. The van der Waals surface area contributed by atoms with Gasteiger partial charge in [-0.1, -0.05) is 24.8 Å². The average Bonchev–Trinajstić information content (AvgIpc) is 3.16. The fourth-order valence-corrected chi connectivity index (χ4v) is 3.83. The van der Waals surface area contributed by atoms with Crippen LogP contribution in [0.3, 0.4) is 0 Å². The van der Waals surface area contributed by atoms with Gasteiger partial charge in [-0.3, -0.25) is 14.5 Å². The minimum Gasteiger partial charge on any atom is -0.343 e. The van der Waals surface area contributed by atoms with Crippen molar-refractivity contribution in [3.63, 3.8) is 0 Å². The summed E-state index contributed by atoms with van der Waals surface area (Å²) in [5.41, 5.74) is 1.48. The Balaban J connectivity index is 1.68. The van der Waals surface area contributed by atoms with Gasteiger partial charge in [0, 0.05) is 29.9 Å². The summed E-state index contributed by atoms with van der Waals surface area (Å²) in [6.45, 7) is 4.06. The lowest BCUT2D eigenvalue weighted by Crippen LogP contribution is -2.20. The molecule has 0 aliphatic carbocycles. The standard InChI is InChI=1S/C20H13F3N2O2S/c1-12-18(26)28-19(27)25(12)17-4-2-3-16-15(17)9-10-24(16)11-13-5-7-14(8-6-13)20(21,22)23/h2-10H,1,11H2. The second kappa shape index (κ2) is 6.56. The molecule has 1 aliphatic rings. The fraction of sp³-hybridized carbons (Fsp3) is 0.100. The van der Waals surface area contributed by atoms with E-state index in [2.05, 4.69) is 6.58 Å². The van der Waals surface area contributed by atoms with Crippen LogP contribution >= 0.6 is 11.8 Å². The summed E-state index contributed by atoms with van der Waals surface area (Å²) < 4.78 is 40.0. The van der Waals surface area contributed by atoms with Gasteiger partial charge in [0.1, 0.15) is 0 Å². The summed E-state index contributed by atoms with van der Waals surface area (Å²) in [5.74, 6) is 0. The van der Waals surface area contributed by atoms with E-state index in [9.17, 15) is 22.8 Å². The maximum absolute atomic E-state index is 12.7. The number of anilines is 1. The molecule has 1 fully saturated rings. The Morgan fingerprint density at radius 1 is 1.00 bits per heavy atom. The van der Waals surface area contributed by atoms with Gasteiger partial charge in [-0.2, -0.15) is 13.2 Å². The summed E-state index contributed by atoms with van der Waals surface area (Å²) in [6, 6.07) is 12.1. The zero-order chi connectivity index (χ0) is 20.1. The molecule has 1 aromatic heterocycles. The van der Waals surface area contributed by atoms with Crippen molar-refractivity contribution in [3.8, 4) is 0 Å². The molecule has 4 rings (SSSR count). The molecule has 0 N–H and O–H groups in total. The lowest BCUT2D eigenvalue weighted by molar-refractivity contribution is -0.137. The molecule has 0 bridgehead atoms. The van der Waals surface area contributed by atoms with E-state index in [0.29, 0.717) is 29.6 Å². The SMILES string of the molecule is C=C1C(=O)SC(=O)N1c1cccc2c1ccn2Cc1ccc(C(F)(F)F)cc1. The number of carbonyl (C=O) groups is 2. The van der Waals surface area contributed by atoms with E-state index in [-0.39, 0.29) is 10.8 Å². The summed E-state index contributed by atoms with van der Waals surface area (Å²) >= 11 is 0.603. The highest BCUT2D eigenvalue weighted by Crippen LogP contribution is 2.37. The second-order valence-corrected chi connectivity index (χ2v) is 7.21. The number of halogens is 3. The predicted octanol–water partition coefficient (Wildman–Crippen LogP) is 5.42. The van der Waals surface area contributed by atoms with Crippen molar-refractivity contribution in [2.24, 2.45) is 0 Å². The van der Waals surface area contributed by atoms with Crippen LogP contribution in [0.2, 0.25) is 0 Å². The summed E-state index contributed by atoms with van der Waals surface area (Å²) in [4.78, 5) is 25.2. The normalized spacial score (nSPS) is 15.1. The van der Waals surface area contributed by atoms with Gasteiger partial charge < -0.3 is 4.57 Å². The minimum atomic E-state index is -4.37. The molecule has 2 heterocycles. The highest BCUT2D eigenvalue weighted by Gasteiger charge is 2.35. The number of rotatable bonds is 3. The molecule has 4 nitrogen and oxygen atoms in total. The Morgan fingerprint density at radius 2 is 1.71 bits per heavy atom. The van der Waals surface area contributed by atoms with Crippen LogP contribution in [0.4, 0.5) is 23.7 Å². The quantitative estimate of drug-likeness (QED) is 0.549. The van der Waals surface area contributed by atoms with Crippen LogP contribution in [0.1, 0.15) is 11.1 Å². The van der Waals surface area contributed by atoms with E-state index in [0.717, 1.165) is 23.0 Å². The van der Waals surface area contributed by atoms with Gasteiger partial charge in [-0.05, 0) is 35.9 Å². The van der Waals surface area contributed by atoms with Crippen molar-refractivity contribution in [2.75, 3.05) is 4.90 Å². The Morgan fingerprint density at radius 3 is 2.32 bits per heavy atom. The molecular formula is C20H13F3N2O2S. The zero-order valence-electron chi connectivity index (χ0n) is 14.4. The molecular weight excluding hydrogens is 389 g/mol. The number of benzene rings is 2. The molecule has 0 saturated carbocycles. The predicted molar refractivity (Wildman–Crippen MR) is 102 cm³/mol. The van der Waals surface area contributed by atoms with Crippen molar-refractivity contribution in [1.29, 1.82) is 0 Å². The van der Waals surface area contributed by atoms with E-state index < -0.39 is 17.0 Å². The average molecular weight is 402 g/mol. The lowest BCUT2D eigenvalue weighted by atomic mass is 10.1. The Labute approximate surface area is 162 Å². The number of nitrogens with zero attached hydrogens (tertiary/aromatic N) is 2. The Hall–Kier alpha value is -3.00. The molecule has 2 aromatic carbocycles. The third kappa shape index (κ3) is 3.09. The minimum absolute atomic E-state index is 0.109.